The minimum absolute atomic E-state index is 0.0597. The second-order valence-electron chi connectivity index (χ2n) is 4.12. The highest BCUT2D eigenvalue weighted by molar-refractivity contribution is 5.95. The average molecular weight is 307 g/mol. The fraction of sp³-hybridized carbons (Fsp3) is 0.583. The van der Waals surface area contributed by atoms with E-state index in [1.165, 1.54) is 0 Å². The van der Waals surface area contributed by atoms with E-state index in [1.807, 2.05) is 0 Å². The van der Waals surface area contributed by atoms with E-state index in [0.717, 1.165) is 0 Å². The minimum atomic E-state index is -4.37. The summed E-state index contributed by atoms with van der Waals surface area (Å²) in [6, 6.07) is 0. The maximum absolute atomic E-state index is 11.9. The minimum Gasteiger partial charge on any atom is -0.462 e. The molecule has 0 saturated heterocycles. The molecule has 0 aliphatic carbocycles. The van der Waals surface area contributed by atoms with Crippen molar-refractivity contribution in [2.75, 3.05) is 25.6 Å². The lowest BCUT2D eigenvalue weighted by atomic mass is 10.2. The molecule has 1 aromatic rings. The first kappa shape index (κ1) is 17.2. The number of aromatic nitrogens is 2. The largest absolute Gasteiger partial charge is 0.462 e. The van der Waals surface area contributed by atoms with Crippen LogP contribution in [-0.4, -0.2) is 41.9 Å². The van der Waals surface area contributed by atoms with E-state index >= 15 is 0 Å². The molecule has 1 rings (SSSR count). The van der Waals surface area contributed by atoms with Crippen LogP contribution >= 0.6 is 0 Å². The quantitative estimate of drug-likeness (QED) is 0.635. The molecule has 21 heavy (non-hydrogen) atoms. The molecule has 0 bridgehead atoms. The van der Waals surface area contributed by atoms with Gasteiger partial charge in [-0.1, -0.05) is 0 Å². The van der Waals surface area contributed by atoms with Gasteiger partial charge in [0.25, 0.3) is 0 Å². The van der Waals surface area contributed by atoms with Gasteiger partial charge in [0.2, 0.25) is 0 Å². The van der Waals surface area contributed by atoms with Gasteiger partial charge < -0.3 is 15.2 Å². The van der Waals surface area contributed by atoms with Crippen LogP contribution in [-0.2, 0) is 15.9 Å². The number of ether oxygens (including phenoxy) is 2. The second kappa shape index (κ2) is 7.21. The third-order valence-corrected chi connectivity index (χ3v) is 2.38. The van der Waals surface area contributed by atoms with Gasteiger partial charge in [-0.2, -0.15) is 13.2 Å². The van der Waals surface area contributed by atoms with Crippen LogP contribution in [0.4, 0.5) is 19.0 Å². The van der Waals surface area contributed by atoms with Crippen LogP contribution in [0, 0.1) is 6.92 Å². The number of nitrogens with two attached hydrogens (primary N) is 1. The van der Waals surface area contributed by atoms with Crippen molar-refractivity contribution in [1.29, 1.82) is 0 Å². The third-order valence-electron chi connectivity index (χ3n) is 2.38. The van der Waals surface area contributed by atoms with Crippen LogP contribution in [0.15, 0.2) is 0 Å². The highest BCUT2D eigenvalue weighted by Gasteiger charge is 2.27. The number of halogens is 3. The Bertz CT molecular complexity index is 483. The monoisotopic (exact) mass is 307 g/mol. The lowest BCUT2D eigenvalue weighted by Crippen LogP contribution is -2.19. The van der Waals surface area contributed by atoms with Gasteiger partial charge in [-0.05, 0) is 13.8 Å². The van der Waals surface area contributed by atoms with E-state index in [-0.39, 0.29) is 36.8 Å². The summed E-state index contributed by atoms with van der Waals surface area (Å²) in [7, 11) is 0. The standard InChI is InChI=1S/C12H16F3N3O3/c1-3-21-11(19)9-7(2)17-8(18-10(9)16)4-5-20-6-12(13,14)15/h3-6H2,1-2H3,(H2,16,17,18). The van der Waals surface area contributed by atoms with Crippen molar-refractivity contribution in [3.63, 3.8) is 0 Å². The molecule has 0 fully saturated rings. The number of hydrogen-bond donors (Lipinski definition) is 1. The lowest BCUT2D eigenvalue weighted by molar-refractivity contribution is -0.173. The average Bonchev–Trinajstić information content (AvgIpc) is 2.33. The van der Waals surface area contributed by atoms with Gasteiger partial charge in [0.15, 0.2) is 0 Å². The first-order valence-corrected chi connectivity index (χ1v) is 6.19. The first-order valence-electron chi connectivity index (χ1n) is 6.19. The zero-order valence-electron chi connectivity index (χ0n) is 11.7. The molecule has 0 saturated carbocycles. The van der Waals surface area contributed by atoms with Crippen LogP contribution in [0.5, 0.6) is 0 Å². The Kier molecular flexibility index (Phi) is 5.89. The number of anilines is 1. The second-order valence-corrected chi connectivity index (χ2v) is 4.12. The summed E-state index contributed by atoms with van der Waals surface area (Å²) in [4.78, 5) is 19.5. The van der Waals surface area contributed by atoms with E-state index in [4.69, 9.17) is 10.5 Å². The maximum atomic E-state index is 11.9. The Morgan fingerprint density at radius 2 is 2.00 bits per heavy atom. The smallest absolute Gasteiger partial charge is 0.411 e. The molecule has 0 radical (unpaired) electrons. The van der Waals surface area contributed by atoms with Crippen molar-refractivity contribution >= 4 is 11.8 Å². The fourth-order valence-corrected chi connectivity index (χ4v) is 1.57. The summed E-state index contributed by atoms with van der Waals surface area (Å²) < 4.78 is 45.0. The Morgan fingerprint density at radius 1 is 1.33 bits per heavy atom. The fourth-order valence-electron chi connectivity index (χ4n) is 1.57. The molecule has 1 heterocycles. The van der Waals surface area contributed by atoms with Crippen LogP contribution < -0.4 is 5.73 Å². The number of aryl methyl sites for hydroxylation is 1. The van der Waals surface area contributed by atoms with E-state index in [2.05, 4.69) is 14.7 Å². The van der Waals surface area contributed by atoms with Crippen molar-refractivity contribution in [3.05, 3.63) is 17.1 Å². The van der Waals surface area contributed by atoms with Crippen LogP contribution in [0.3, 0.4) is 0 Å². The number of rotatable bonds is 6. The molecule has 0 spiro atoms. The highest BCUT2D eigenvalue weighted by atomic mass is 19.4. The molecule has 0 unspecified atom stereocenters. The molecule has 118 valence electrons. The van der Waals surface area contributed by atoms with Crippen molar-refractivity contribution in [3.8, 4) is 0 Å². The van der Waals surface area contributed by atoms with E-state index in [0.29, 0.717) is 5.69 Å². The van der Waals surface area contributed by atoms with Crippen LogP contribution in [0.2, 0.25) is 0 Å². The summed E-state index contributed by atoms with van der Waals surface area (Å²) in [6.07, 6.45) is -4.31. The van der Waals surface area contributed by atoms with Gasteiger partial charge in [0, 0.05) is 6.42 Å². The molecule has 2 N–H and O–H groups in total. The third kappa shape index (κ3) is 5.54. The van der Waals surface area contributed by atoms with Crippen molar-refractivity contribution in [1.82, 2.24) is 9.97 Å². The Hall–Kier alpha value is -1.90. The summed E-state index contributed by atoms with van der Waals surface area (Å²) in [5.74, 6) is -0.487. The Morgan fingerprint density at radius 3 is 2.52 bits per heavy atom. The topological polar surface area (TPSA) is 87.3 Å². The molecular weight excluding hydrogens is 291 g/mol. The number of carbonyl (C=O) groups is 1. The van der Waals surface area contributed by atoms with Gasteiger partial charge in [0.05, 0.1) is 18.9 Å². The number of hydrogen-bond acceptors (Lipinski definition) is 6. The van der Waals surface area contributed by atoms with Gasteiger partial charge in [-0.25, -0.2) is 14.8 Å². The normalized spacial score (nSPS) is 11.5. The summed E-state index contributed by atoms with van der Waals surface area (Å²) >= 11 is 0. The Balaban J connectivity index is 2.68. The lowest BCUT2D eigenvalue weighted by Gasteiger charge is -2.10. The molecule has 6 nitrogen and oxygen atoms in total. The van der Waals surface area contributed by atoms with Crippen molar-refractivity contribution < 1.29 is 27.4 Å². The number of nitrogens with zero attached hydrogens (tertiary/aromatic N) is 2. The van der Waals surface area contributed by atoms with E-state index < -0.39 is 18.8 Å². The number of esters is 1. The van der Waals surface area contributed by atoms with Crippen LogP contribution in [0.1, 0.15) is 28.8 Å². The predicted molar refractivity (Wildman–Crippen MR) is 67.7 cm³/mol. The van der Waals surface area contributed by atoms with E-state index in [9.17, 15) is 18.0 Å². The zero-order chi connectivity index (χ0) is 16.0. The van der Waals surface area contributed by atoms with E-state index in [1.54, 1.807) is 13.8 Å². The predicted octanol–water partition coefficient (Wildman–Crippen LogP) is 1.67. The van der Waals surface area contributed by atoms with Gasteiger partial charge in [-0.3, -0.25) is 0 Å². The highest BCUT2D eigenvalue weighted by Crippen LogP contribution is 2.16. The van der Waals surface area contributed by atoms with Crippen molar-refractivity contribution in [2.24, 2.45) is 0 Å². The Labute approximate surface area is 119 Å². The summed E-state index contributed by atoms with van der Waals surface area (Å²) in [5.41, 5.74) is 6.03. The van der Waals surface area contributed by atoms with Crippen LogP contribution in [0.25, 0.3) is 0 Å². The molecule has 0 aliphatic rings. The number of nitrogen functional groups attached to an aromatic ring is 1. The summed E-state index contributed by atoms with van der Waals surface area (Å²) in [5, 5.41) is 0. The molecule has 0 aromatic carbocycles. The SMILES string of the molecule is CCOC(=O)c1c(C)nc(CCOCC(F)(F)F)nc1N. The molecule has 0 atom stereocenters. The first-order chi connectivity index (χ1) is 9.74. The molecule has 0 amide bonds. The van der Waals surface area contributed by atoms with Gasteiger partial charge in [-0.15, -0.1) is 0 Å². The summed E-state index contributed by atoms with van der Waals surface area (Å²) in [6.45, 7) is 1.85. The maximum Gasteiger partial charge on any atom is 0.411 e. The molecule has 0 aliphatic heterocycles. The van der Waals surface area contributed by atoms with Gasteiger partial charge >= 0.3 is 12.1 Å². The zero-order valence-corrected chi connectivity index (χ0v) is 11.7. The van der Waals surface area contributed by atoms with Gasteiger partial charge in [0.1, 0.15) is 23.8 Å². The molecular formula is C12H16F3N3O3. The molecule has 1 aromatic heterocycles. The molecule has 9 heteroatoms. The number of carbonyl (C=O) groups excluding carboxylic acids is 1. The van der Waals surface area contributed by atoms with Crippen molar-refractivity contribution in [2.45, 2.75) is 26.4 Å². The number of alkyl halides is 3.